The highest BCUT2D eigenvalue weighted by Gasteiger charge is 2.61. The van der Waals surface area contributed by atoms with Gasteiger partial charge < -0.3 is 14.2 Å². The smallest absolute Gasteiger partial charge is 0.308 e. The van der Waals surface area contributed by atoms with E-state index in [0.717, 1.165) is 32.1 Å². The molecule has 6 heteroatoms. The molecule has 0 spiro atoms. The molecule has 0 aliphatic heterocycles. The highest BCUT2D eigenvalue weighted by Crippen LogP contribution is 2.62. The van der Waals surface area contributed by atoms with E-state index in [9.17, 15) is 14.4 Å². The molecule has 6 nitrogen and oxygen atoms in total. The van der Waals surface area contributed by atoms with E-state index in [1.54, 1.807) is 0 Å². The monoisotopic (exact) mass is 414 g/mol. The fraction of sp³-hybridized carbons (Fsp3) is 0.625. The standard InChI is InChI=1S/C24H30O6/c1-13(25)28-17-6-8-18-16(11-17)5-7-20-19(18)9-10-24(4)21(20)12-22(29-14(2)26)23(24)30-15(3)27/h6,8,11,19-23H,5,7,9-10,12H2,1-4H3/t19-,20?,21+,22-,23?,24?/m1/s1. The van der Waals surface area contributed by atoms with E-state index in [0.29, 0.717) is 23.5 Å². The summed E-state index contributed by atoms with van der Waals surface area (Å²) in [6.45, 7) is 6.45. The van der Waals surface area contributed by atoms with Crippen molar-refractivity contribution in [1.29, 1.82) is 0 Å². The second-order valence-electron chi connectivity index (χ2n) is 9.33. The summed E-state index contributed by atoms with van der Waals surface area (Å²) in [5, 5.41) is 0. The maximum absolute atomic E-state index is 11.8. The number of rotatable bonds is 3. The van der Waals surface area contributed by atoms with Crippen molar-refractivity contribution in [2.75, 3.05) is 0 Å². The lowest BCUT2D eigenvalue weighted by molar-refractivity contribution is -0.171. The molecule has 1 aromatic rings. The highest BCUT2D eigenvalue weighted by molar-refractivity contribution is 5.69. The Labute approximate surface area is 177 Å². The van der Waals surface area contributed by atoms with Crippen molar-refractivity contribution in [3.63, 3.8) is 0 Å². The lowest BCUT2D eigenvalue weighted by Gasteiger charge is -2.50. The van der Waals surface area contributed by atoms with Crippen LogP contribution in [0.4, 0.5) is 0 Å². The molecular formula is C24H30O6. The minimum atomic E-state index is -0.391. The topological polar surface area (TPSA) is 78.9 Å². The van der Waals surface area contributed by atoms with Gasteiger partial charge in [0.15, 0.2) is 0 Å². The van der Waals surface area contributed by atoms with Gasteiger partial charge in [0, 0.05) is 26.2 Å². The number of aryl methyl sites for hydroxylation is 1. The zero-order chi connectivity index (χ0) is 21.6. The van der Waals surface area contributed by atoms with E-state index in [1.165, 1.54) is 31.9 Å². The third-order valence-electron chi connectivity index (χ3n) is 7.48. The first kappa shape index (κ1) is 20.9. The van der Waals surface area contributed by atoms with Gasteiger partial charge >= 0.3 is 17.9 Å². The van der Waals surface area contributed by atoms with Gasteiger partial charge in [-0.25, -0.2) is 0 Å². The fourth-order valence-corrected chi connectivity index (χ4v) is 6.44. The Morgan fingerprint density at radius 1 is 1.00 bits per heavy atom. The molecule has 6 atom stereocenters. The summed E-state index contributed by atoms with van der Waals surface area (Å²) in [6, 6.07) is 5.99. The Morgan fingerprint density at radius 2 is 1.73 bits per heavy atom. The zero-order valence-corrected chi connectivity index (χ0v) is 18.1. The largest absolute Gasteiger partial charge is 0.459 e. The van der Waals surface area contributed by atoms with E-state index in [2.05, 4.69) is 13.0 Å². The molecule has 0 aromatic heterocycles. The lowest BCUT2D eigenvalue weighted by Crippen LogP contribution is -2.46. The van der Waals surface area contributed by atoms with E-state index in [-0.39, 0.29) is 29.4 Å². The van der Waals surface area contributed by atoms with Gasteiger partial charge in [0.2, 0.25) is 0 Å². The summed E-state index contributed by atoms with van der Waals surface area (Å²) < 4.78 is 16.6. The summed E-state index contributed by atoms with van der Waals surface area (Å²) in [5.74, 6) is 0.839. The summed E-state index contributed by atoms with van der Waals surface area (Å²) in [4.78, 5) is 34.8. The molecule has 0 radical (unpaired) electrons. The normalized spacial score (nSPS) is 34.2. The van der Waals surface area contributed by atoms with Crippen LogP contribution in [-0.2, 0) is 30.3 Å². The quantitative estimate of drug-likeness (QED) is 0.551. The van der Waals surface area contributed by atoms with Gasteiger partial charge in [-0.1, -0.05) is 13.0 Å². The molecule has 3 unspecified atom stereocenters. The van der Waals surface area contributed by atoms with Crippen LogP contribution in [0, 0.1) is 17.3 Å². The van der Waals surface area contributed by atoms with Gasteiger partial charge in [0.05, 0.1) is 0 Å². The van der Waals surface area contributed by atoms with E-state index < -0.39 is 6.10 Å². The van der Waals surface area contributed by atoms with Crippen molar-refractivity contribution in [2.45, 2.75) is 77.9 Å². The Kier molecular flexibility index (Phi) is 5.37. The third-order valence-corrected chi connectivity index (χ3v) is 7.48. The summed E-state index contributed by atoms with van der Waals surface area (Å²) in [5.41, 5.74) is 2.40. The minimum absolute atomic E-state index is 0.192. The number of esters is 3. The van der Waals surface area contributed by atoms with Crippen LogP contribution < -0.4 is 4.74 Å². The number of carbonyl (C=O) groups is 3. The van der Waals surface area contributed by atoms with Crippen molar-refractivity contribution in [2.24, 2.45) is 17.3 Å². The number of ether oxygens (including phenoxy) is 3. The van der Waals surface area contributed by atoms with Crippen LogP contribution >= 0.6 is 0 Å². The molecule has 0 amide bonds. The molecular weight excluding hydrogens is 384 g/mol. The summed E-state index contributed by atoms with van der Waals surface area (Å²) in [7, 11) is 0. The first-order chi connectivity index (χ1) is 14.2. The molecule has 3 aliphatic rings. The second kappa shape index (κ2) is 7.71. The number of benzene rings is 1. The number of carbonyl (C=O) groups excluding carboxylic acids is 3. The molecule has 4 rings (SSSR count). The molecule has 0 bridgehead atoms. The molecule has 30 heavy (non-hydrogen) atoms. The van der Waals surface area contributed by atoms with Crippen LogP contribution in [0.1, 0.15) is 70.4 Å². The SMILES string of the molecule is CC(=O)Oc1ccc2c(c1)CCC1[C@@H]2CCC2(C)C(OC(C)=O)[C@H](OC(C)=O)C[C@@H]12. The summed E-state index contributed by atoms with van der Waals surface area (Å²) >= 11 is 0. The third kappa shape index (κ3) is 3.61. The van der Waals surface area contributed by atoms with E-state index in [4.69, 9.17) is 14.2 Å². The van der Waals surface area contributed by atoms with Gasteiger partial charge in [0.1, 0.15) is 18.0 Å². The maximum atomic E-state index is 11.8. The van der Waals surface area contributed by atoms with Gasteiger partial charge in [-0.2, -0.15) is 0 Å². The predicted molar refractivity (Wildman–Crippen MR) is 109 cm³/mol. The van der Waals surface area contributed by atoms with Crippen LogP contribution in [0.25, 0.3) is 0 Å². The van der Waals surface area contributed by atoms with Crippen molar-refractivity contribution in [3.8, 4) is 5.75 Å². The van der Waals surface area contributed by atoms with Crippen LogP contribution in [-0.4, -0.2) is 30.1 Å². The molecule has 162 valence electrons. The summed E-state index contributed by atoms with van der Waals surface area (Å²) in [6.07, 6.45) is 3.83. The average Bonchev–Trinajstić information content (AvgIpc) is 2.92. The van der Waals surface area contributed by atoms with Crippen LogP contribution in [0.15, 0.2) is 18.2 Å². The first-order valence-electron chi connectivity index (χ1n) is 10.8. The number of hydrogen-bond acceptors (Lipinski definition) is 6. The number of hydrogen-bond donors (Lipinski definition) is 0. The second-order valence-corrected chi connectivity index (χ2v) is 9.33. The molecule has 0 saturated heterocycles. The Bertz CT molecular complexity index is 876. The Morgan fingerprint density at radius 3 is 2.40 bits per heavy atom. The average molecular weight is 414 g/mol. The van der Waals surface area contributed by atoms with E-state index in [1.807, 2.05) is 12.1 Å². The maximum Gasteiger partial charge on any atom is 0.308 e. The Balaban J connectivity index is 1.62. The highest BCUT2D eigenvalue weighted by atomic mass is 16.6. The van der Waals surface area contributed by atoms with Crippen molar-refractivity contribution < 1.29 is 28.6 Å². The van der Waals surface area contributed by atoms with Gasteiger partial charge in [-0.15, -0.1) is 0 Å². The zero-order valence-electron chi connectivity index (χ0n) is 18.1. The molecule has 0 N–H and O–H groups in total. The van der Waals surface area contributed by atoms with Crippen LogP contribution in [0.3, 0.4) is 0 Å². The minimum Gasteiger partial charge on any atom is -0.459 e. The first-order valence-corrected chi connectivity index (χ1v) is 10.8. The molecule has 3 aliphatic carbocycles. The van der Waals surface area contributed by atoms with Gasteiger partial charge in [0.25, 0.3) is 0 Å². The molecule has 1 aromatic carbocycles. The van der Waals surface area contributed by atoms with Gasteiger partial charge in [-0.05, 0) is 73.1 Å². The molecule has 0 heterocycles. The van der Waals surface area contributed by atoms with Crippen molar-refractivity contribution in [3.05, 3.63) is 29.3 Å². The van der Waals surface area contributed by atoms with Crippen LogP contribution in [0.5, 0.6) is 5.75 Å². The Hall–Kier alpha value is -2.37. The fourth-order valence-electron chi connectivity index (χ4n) is 6.44. The predicted octanol–water partition coefficient (Wildman–Crippen LogP) is 3.94. The van der Waals surface area contributed by atoms with E-state index >= 15 is 0 Å². The van der Waals surface area contributed by atoms with Crippen LogP contribution in [0.2, 0.25) is 0 Å². The van der Waals surface area contributed by atoms with Gasteiger partial charge in [-0.3, -0.25) is 14.4 Å². The lowest BCUT2D eigenvalue weighted by atomic mass is 9.55. The number of fused-ring (bicyclic) bond motifs is 5. The van der Waals surface area contributed by atoms with Crippen molar-refractivity contribution in [1.82, 2.24) is 0 Å². The molecule has 2 fully saturated rings. The molecule has 2 saturated carbocycles. The van der Waals surface area contributed by atoms with Crippen molar-refractivity contribution >= 4 is 17.9 Å².